The molecule has 124 valence electrons. The van der Waals surface area contributed by atoms with Gasteiger partial charge in [0.1, 0.15) is 5.75 Å². The van der Waals surface area contributed by atoms with Crippen molar-refractivity contribution < 1.29 is 17.9 Å². The molecule has 0 radical (unpaired) electrons. The van der Waals surface area contributed by atoms with E-state index in [1.165, 1.54) is 23.5 Å². The van der Waals surface area contributed by atoms with E-state index in [9.17, 15) is 13.2 Å². The number of piperidine rings is 1. The average Bonchev–Trinajstić information content (AvgIpc) is 2.59. The molecule has 0 aromatic heterocycles. The summed E-state index contributed by atoms with van der Waals surface area (Å²) in [5.41, 5.74) is 0. The van der Waals surface area contributed by atoms with Gasteiger partial charge in [0.15, 0.2) is 0 Å². The van der Waals surface area contributed by atoms with Crippen molar-refractivity contribution in [1.82, 2.24) is 9.62 Å². The average molecular weight is 336 g/mol. The van der Waals surface area contributed by atoms with Crippen molar-refractivity contribution in [2.75, 3.05) is 26.7 Å². The second-order valence-corrected chi connectivity index (χ2v) is 7.24. The van der Waals surface area contributed by atoms with E-state index in [1.807, 2.05) is 0 Å². The monoisotopic (exact) mass is 336 g/mol. The van der Waals surface area contributed by atoms with Crippen molar-refractivity contribution in [3.05, 3.63) is 24.3 Å². The predicted octanol–water partition coefficient (Wildman–Crippen LogP) is 0.845. The zero-order valence-corrected chi connectivity index (χ0v) is 13.8. The van der Waals surface area contributed by atoms with Crippen molar-refractivity contribution in [3.63, 3.8) is 0 Å². The summed E-state index contributed by atoms with van der Waals surface area (Å²) in [6, 6.07) is 6.23. The van der Waals surface area contributed by atoms with E-state index >= 15 is 0 Å². The molecule has 0 aliphatic carbocycles. The molecule has 1 atom stereocenters. The Bertz CT molecular complexity index is 692. The Morgan fingerprint density at radius 1 is 1.43 bits per heavy atom. The van der Waals surface area contributed by atoms with Gasteiger partial charge >= 0.3 is 0 Å². The van der Waals surface area contributed by atoms with Gasteiger partial charge in [0.2, 0.25) is 15.9 Å². The maximum absolute atomic E-state index is 12.7. The quantitative estimate of drug-likeness (QED) is 0.809. The van der Waals surface area contributed by atoms with Crippen LogP contribution in [0.2, 0.25) is 0 Å². The Hall–Kier alpha value is -2.04. The lowest BCUT2D eigenvalue weighted by molar-refractivity contribution is -0.125. The molecule has 1 heterocycles. The lowest BCUT2D eigenvalue weighted by Crippen LogP contribution is -2.45. The largest absolute Gasteiger partial charge is 0.497 e. The summed E-state index contributed by atoms with van der Waals surface area (Å²) in [5, 5.41) is 2.62. The van der Waals surface area contributed by atoms with Crippen LogP contribution in [-0.2, 0) is 14.8 Å². The molecule has 1 aliphatic heterocycles. The second-order valence-electron chi connectivity index (χ2n) is 5.30. The van der Waals surface area contributed by atoms with Crippen LogP contribution in [0.25, 0.3) is 0 Å². The van der Waals surface area contributed by atoms with Crippen LogP contribution in [0.15, 0.2) is 29.2 Å². The number of hydrogen-bond donors (Lipinski definition) is 1. The fourth-order valence-corrected chi connectivity index (χ4v) is 4.08. The van der Waals surface area contributed by atoms with Crippen LogP contribution < -0.4 is 10.1 Å². The lowest BCUT2D eigenvalue weighted by Gasteiger charge is -2.31. The normalized spacial score (nSPS) is 18.9. The van der Waals surface area contributed by atoms with Crippen LogP contribution in [0.3, 0.4) is 0 Å². The molecule has 0 bridgehead atoms. The fourth-order valence-electron chi connectivity index (χ4n) is 2.55. The maximum Gasteiger partial charge on any atom is 0.243 e. The molecule has 1 aromatic rings. The number of carbonyl (C=O) groups is 1. The Morgan fingerprint density at radius 3 is 2.74 bits per heavy atom. The van der Waals surface area contributed by atoms with Crippen LogP contribution >= 0.6 is 0 Å². The first-order chi connectivity index (χ1) is 11.0. The van der Waals surface area contributed by atoms with Crippen LogP contribution in [-0.4, -0.2) is 45.4 Å². The van der Waals surface area contributed by atoms with E-state index in [1.54, 1.807) is 12.1 Å². The van der Waals surface area contributed by atoms with E-state index < -0.39 is 10.0 Å². The van der Waals surface area contributed by atoms with Gasteiger partial charge in [0.05, 0.1) is 24.5 Å². The minimum absolute atomic E-state index is 0.153. The molecule has 1 N–H and O–H groups in total. The Morgan fingerprint density at radius 2 is 2.13 bits per heavy atom. The standard InChI is InChI=1S/C16H20N2O4S/c1-3-10-17-16(19)13-5-4-11-18(12-13)23(20,21)15-8-6-14(22-2)7-9-15/h1,6-9,13H,4-5,10-12H2,2H3,(H,17,19). The molecule has 1 aromatic carbocycles. The predicted molar refractivity (Wildman–Crippen MR) is 86.3 cm³/mol. The van der Waals surface area contributed by atoms with E-state index in [2.05, 4.69) is 11.2 Å². The summed E-state index contributed by atoms with van der Waals surface area (Å²) in [6.45, 7) is 0.735. The van der Waals surface area contributed by atoms with Gasteiger partial charge in [-0.25, -0.2) is 8.42 Å². The number of carbonyl (C=O) groups excluding carboxylic acids is 1. The first-order valence-corrected chi connectivity index (χ1v) is 8.78. The Labute approximate surface area is 136 Å². The number of nitrogens with one attached hydrogen (secondary N) is 1. The molecule has 1 unspecified atom stereocenters. The number of hydrogen-bond acceptors (Lipinski definition) is 4. The highest BCUT2D eigenvalue weighted by Gasteiger charge is 2.33. The third-order valence-electron chi connectivity index (χ3n) is 3.82. The number of methoxy groups -OCH3 is 1. The molecule has 1 fully saturated rings. The number of rotatable bonds is 5. The highest BCUT2D eigenvalue weighted by atomic mass is 32.2. The number of terminal acetylenes is 1. The van der Waals surface area contributed by atoms with Gasteiger partial charge in [0.25, 0.3) is 0 Å². The molecule has 2 rings (SSSR count). The zero-order valence-electron chi connectivity index (χ0n) is 13.0. The highest BCUT2D eigenvalue weighted by molar-refractivity contribution is 7.89. The molecule has 7 heteroatoms. The summed E-state index contributed by atoms with van der Waals surface area (Å²) in [6.07, 6.45) is 6.42. The molecule has 23 heavy (non-hydrogen) atoms. The maximum atomic E-state index is 12.7. The van der Waals surface area contributed by atoms with Crippen LogP contribution in [0.4, 0.5) is 0 Å². The molecule has 6 nitrogen and oxygen atoms in total. The number of benzene rings is 1. The third kappa shape index (κ3) is 4.03. The molecule has 0 saturated carbocycles. The SMILES string of the molecule is C#CCNC(=O)C1CCCN(S(=O)(=O)c2ccc(OC)cc2)C1. The van der Waals surface area contributed by atoms with Gasteiger partial charge in [-0.15, -0.1) is 6.42 Å². The van der Waals surface area contributed by atoms with Crippen molar-refractivity contribution in [2.24, 2.45) is 5.92 Å². The minimum Gasteiger partial charge on any atom is -0.497 e. The van der Waals surface area contributed by atoms with Crippen LogP contribution in [0, 0.1) is 18.3 Å². The lowest BCUT2D eigenvalue weighted by atomic mass is 9.99. The van der Waals surface area contributed by atoms with E-state index in [0.717, 1.165) is 0 Å². The van der Waals surface area contributed by atoms with Crippen LogP contribution in [0.5, 0.6) is 5.75 Å². The third-order valence-corrected chi connectivity index (χ3v) is 5.70. The van der Waals surface area contributed by atoms with Crippen molar-refractivity contribution in [2.45, 2.75) is 17.7 Å². The molecule has 1 amide bonds. The summed E-state index contributed by atoms with van der Waals surface area (Å²) >= 11 is 0. The number of ether oxygens (including phenoxy) is 1. The Balaban J connectivity index is 2.12. The molecule has 1 saturated heterocycles. The number of sulfonamides is 1. The smallest absolute Gasteiger partial charge is 0.243 e. The minimum atomic E-state index is -3.62. The van der Waals surface area contributed by atoms with Crippen molar-refractivity contribution in [3.8, 4) is 18.1 Å². The van der Waals surface area contributed by atoms with Crippen LogP contribution in [0.1, 0.15) is 12.8 Å². The van der Waals surface area contributed by atoms with Gasteiger partial charge in [0, 0.05) is 13.1 Å². The first kappa shape index (κ1) is 17.3. The number of amides is 1. The summed E-state index contributed by atoms with van der Waals surface area (Å²) in [7, 11) is -2.10. The van der Waals surface area contributed by atoms with Gasteiger partial charge in [-0.1, -0.05) is 5.92 Å². The van der Waals surface area contributed by atoms with Gasteiger partial charge in [-0.05, 0) is 37.1 Å². The molecular formula is C16H20N2O4S. The van der Waals surface area contributed by atoms with Gasteiger partial charge in [-0.3, -0.25) is 4.79 Å². The molecular weight excluding hydrogens is 316 g/mol. The molecule has 1 aliphatic rings. The van der Waals surface area contributed by atoms with Gasteiger partial charge < -0.3 is 10.1 Å². The van der Waals surface area contributed by atoms with Gasteiger partial charge in [-0.2, -0.15) is 4.31 Å². The summed E-state index contributed by atoms with van der Waals surface area (Å²) in [4.78, 5) is 12.2. The highest BCUT2D eigenvalue weighted by Crippen LogP contribution is 2.25. The van der Waals surface area contributed by atoms with E-state index in [-0.39, 0.29) is 29.8 Å². The van der Waals surface area contributed by atoms with Crippen molar-refractivity contribution >= 4 is 15.9 Å². The zero-order chi connectivity index (χ0) is 16.9. The fraction of sp³-hybridized carbons (Fsp3) is 0.438. The Kier molecular flexibility index (Phi) is 5.64. The first-order valence-electron chi connectivity index (χ1n) is 7.34. The number of nitrogens with zero attached hydrogens (tertiary/aromatic N) is 1. The summed E-state index contributed by atoms with van der Waals surface area (Å²) in [5.74, 6) is 2.36. The van der Waals surface area contributed by atoms with E-state index in [0.29, 0.717) is 25.1 Å². The van der Waals surface area contributed by atoms with Crippen molar-refractivity contribution in [1.29, 1.82) is 0 Å². The summed E-state index contributed by atoms with van der Waals surface area (Å²) < 4.78 is 31.8. The second kappa shape index (κ2) is 7.49. The molecule has 0 spiro atoms. The topological polar surface area (TPSA) is 75.7 Å². The van der Waals surface area contributed by atoms with E-state index in [4.69, 9.17) is 11.2 Å².